The van der Waals surface area contributed by atoms with Gasteiger partial charge in [0.15, 0.2) is 11.6 Å². The number of hydrogen-bond acceptors (Lipinski definition) is 2. The predicted molar refractivity (Wildman–Crippen MR) is 81.9 cm³/mol. The highest BCUT2D eigenvalue weighted by Crippen LogP contribution is 2.24. The molecule has 1 heterocycles. The van der Waals surface area contributed by atoms with Crippen LogP contribution in [0.3, 0.4) is 0 Å². The van der Waals surface area contributed by atoms with Crippen LogP contribution in [-0.2, 0) is 0 Å². The van der Waals surface area contributed by atoms with Crippen LogP contribution in [0.2, 0.25) is 0 Å². The van der Waals surface area contributed by atoms with Crippen molar-refractivity contribution >= 4 is 6.20 Å². The number of allylic oxidation sites excluding steroid dienone is 1. The molecule has 3 nitrogen and oxygen atoms in total. The molecule has 0 aliphatic carbocycles. The van der Waals surface area contributed by atoms with E-state index in [0.29, 0.717) is 0 Å². The van der Waals surface area contributed by atoms with E-state index in [0.717, 1.165) is 22.8 Å². The van der Waals surface area contributed by atoms with Crippen molar-refractivity contribution in [1.29, 1.82) is 0 Å². The van der Waals surface area contributed by atoms with Crippen LogP contribution in [0.1, 0.15) is 6.92 Å². The van der Waals surface area contributed by atoms with Crippen LogP contribution in [0.4, 0.5) is 0 Å². The zero-order chi connectivity index (χ0) is 13.8. The molecule has 20 heavy (non-hydrogen) atoms. The molecule has 3 heteroatoms. The van der Waals surface area contributed by atoms with Gasteiger partial charge < -0.3 is 0 Å². The maximum atomic E-state index is 4.34. The van der Waals surface area contributed by atoms with Gasteiger partial charge in [-0.25, -0.2) is 0 Å². The van der Waals surface area contributed by atoms with Crippen LogP contribution < -0.4 is 0 Å². The quantitative estimate of drug-likeness (QED) is 0.710. The van der Waals surface area contributed by atoms with Crippen molar-refractivity contribution in [3.8, 4) is 22.8 Å². The van der Waals surface area contributed by atoms with Crippen LogP contribution in [0.15, 0.2) is 66.7 Å². The maximum absolute atomic E-state index is 4.34. The molecule has 0 aliphatic heterocycles. The smallest absolute Gasteiger partial charge is 0.168 e. The lowest BCUT2D eigenvalue weighted by molar-refractivity contribution is 1.10. The molecule has 98 valence electrons. The highest BCUT2D eigenvalue weighted by atomic mass is 15.3. The van der Waals surface area contributed by atoms with Crippen molar-refractivity contribution in [2.75, 3.05) is 0 Å². The minimum atomic E-state index is 0.850. The summed E-state index contributed by atoms with van der Waals surface area (Å²) in [6, 6.07) is 20.2. The first-order chi connectivity index (χ1) is 9.90. The van der Waals surface area contributed by atoms with Gasteiger partial charge in [0.25, 0.3) is 0 Å². The Bertz CT molecular complexity index is 656. The van der Waals surface area contributed by atoms with Gasteiger partial charge >= 0.3 is 0 Å². The first-order valence-electron chi connectivity index (χ1n) is 6.58. The summed E-state index contributed by atoms with van der Waals surface area (Å²) in [5, 5.41) is 8.69. The number of nitrogens with zero attached hydrogens (tertiary/aromatic N) is 3. The molecule has 0 spiro atoms. The fraction of sp³-hybridized carbons (Fsp3) is 0.0588. The highest BCUT2D eigenvalue weighted by molar-refractivity contribution is 5.66. The summed E-state index contributed by atoms with van der Waals surface area (Å²) < 4.78 is 2.02. The first-order valence-corrected chi connectivity index (χ1v) is 6.58. The third-order valence-corrected chi connectivity index (χ3v) is 3.06. The van der Waals surface area contributed by atoms with Crippen molar-refractivity contribution in [3.05, 3.63) is 66.7 Å². The van der Waals surface area contributed by atoms with Crippen molar-refractivity contribution < 1.29 is 0 Å². The molecule has 0 saturated heterocycles. The Kier molecular flexibility index (Phi) is 3.42. The SMILES string of the molecule is C/C=C\n1c(-c2ccccc2)nnc1-c1ccccc1. The molecule has 3 aromatic rings. The van der Waals surface area contributed by atoms with E-state index in [1.54, 1.807) is 0 Å². The van der Waals surface area contributed by atoms with Gasteiger partial charge in [-0.05, 0) is 6.92 Å². The normalized spacial score (nSPS) is 11.1. The summed E-state index contributed by atoms with van der Waals surface area (Å²) >= 11 is 0. The molecular weight excluding hydrogens is 246 g/mol. The van der Waals surface area contributed by atoms with Gasteiger partial charge in [-0.2, -0.15) is 0 Å². The average Bonchev–Trinajstić information content (AvgIpc) is 2.93. The molecule has 0 saturated carbocycles. The Labute approximate surface area is 118 Å². The van der Waals surface area contributed by atoms with Gasteiger partial charge in [0, 0.05) is 17.3 Å². The van der Waals surface area contributed by atoms with Gasteiger partial charge in [-0.1, -0.05) is 66.7 Å². The van der Waals surface area contributed by atoms with Crippen molar-refractivity contribution in [2.24, 2.45) is 0 Å². The fourth-order valence-electron chi connectivity index (χ4n) is 2.15. The van der Waals surface area contributed by atoms with Crippen LogP contribution in [0.25, 0.3) is 29.0 Å². The lowest BCUT2D eigenvalue weighted by Crippen LogP contribution is -1.94. The third-order valence-electron chi connectivity index (χ3n) is 3.06. The summed E-state index contributed by atoms with van der Waals surface area (Å²) in [5.41, 5.74) is 2.11. The molecule has 2 aromatic carbocycles. The standard InChI is InChI=1S/C17H15N3/c1-2-13-20-16(14-9-5-3-6-10-14)18-19-17(20)15-11-7-4-8-12-15/h2-13H,1H3/b13-2-. The van der Waals surface area contributed by atoms with E-state index >= 15 is 0 Å². The number of hydrogen-bond donors (Lipinski definition) is 0. The van der Waals surface area contributed by atoms with Crippen molar-refractivity contribution in [3.63, 3.8) is 0 Å². The second kappa shape index (κ2) is 5.53. The topological polar surface area (TPSA) is 30.7 Å². The molecule has 0 radical (unpaired) electrons. The zero-order valence-corrected chi connectivity index (χ0v) is 11.3. The van der Waals surface area contributed by atoms with E-state index in [1.807, 2.05) is 84.4 Å². The number of benzene rings is 2. The van der Waals surface area contributed by atoms with Gasteiger partial charge in [-0.3, -0.25) is 4.57 Å². The molecular formula is C17H15N3. The lowest BCUT2D eigenvalue weighted by Gasteiger charge is -2.05. The third kappa shape index (κ3) is 2.26. The summed E-state index contributed by atoms with van der Waals surface area (Å²) in [5.74, 6) is 1.70. The average molecular weight is 261 g/mol. The summed E-state index contributed by atoms with van der Waals surface area (Å²) in [4.78, 5) is 0. The van der Waals surface area contributed by atoms with Crippen LogP contribution >= 0.6 is 0 Å². The van der Waals surface area contributed by atoms with E-state index in [4.69, 9.17) is 0 Å². The van der Waals surface area contributed by atoms with Crippen LogP contribution in [0, 0.1) is 0 Å². The summed E-state index contributed by atoms with van der Waals surface area (Å²) in [7, 11) is 0. The van der Waals surface area contributed by atoms with E-state index in [-0.39, 0.29) is 0 Å². The van der Waals surface area contributed by atoms with Gasteiger partial charge in [0.1, 0.15) is 0 Å². The molecule has 0 amide bonds. The molecule has 0 atom stereocenters. The maximum Gasteiger partial charge on any atom is 0.168 e. The Balaban J connectivity index is 2.17. The van der Waals surface area contributed by atoms with E-state index in [1.165, 1.54) is 0 Å². The number of rotatable bonds is 3. The Morgan fingerprint density at radius 2 is 1.20 bits per heavy atom. The van der Waals surface area contributed by atoms with Gasteiger partial charge in [0.05, 0.1) is 0 Å². The molecule has 0 N–H and O–H groups in total. The second-order valence-corrected chi connectivity index (χ2v) is 4.43. The highest BCUT2D eigenvalue weighted by Gasteiger charge is 2.12. The van der Waals surface area contributed by atoms with Crippen molar-refractivity contribution in [2.45, 2.75) is 6.92 Å². The zero-order valence-electron chi connectivity index (χ0n) is 11.3. The first kappa shape index (κ1) is 12.4. The van der Waals surface area contributed by atoms with Gasteiger partial charge in [0.2, 0.25) is 0 Å². The summed E-state index contributed by atoms with van der Waals surface area (Å²) in [6.07, 6.45) is 3.98. The second-order valence-electron chi connectivity index (χ2n) is 4.43. The fourth-order valence-corrected chi connectivity index (χ4v) is 2.15. The minimum absolute atomic E-state index is 0.850. The van der Waals surface area contributed by atoms with E-state index in [9.17, 15) is 0 Å². The molecule has 0 bridgehead atoms. The van der Waals surface area contributed by atoms with Crippen LogP contribution in [0.5, 0.6) is 0 Å². The van der Waals surface area contributed by atoms with Crippen LogP contribution in [-0.4, -0.2) is 14.8 Å². The summed E-state index contributed by atoms with van der Waals surface area (Å²) in [6.45, 7) is 1.99. The minimum Gasteiger partial charge on any atom is -0.282 e. The van der Waals surface area contributed by atoms with E-state index < -0.39 is 0 Å². The molecule has 3 rings (SSSR count). The lowest BCUT2D eigenvalue weighted by atomic mass is 10.2. The molecule has 0 fully saturated rings. The molecule has 0 aliphatic rings. The van der Waals surface area contributed by atoms with Crippen molar-refractivity contribution in [1.82, 2.24) is 14.8 Å². The largest absolute Gasteiger partial charge is 0.282 e. The monoisotopic (exact) mass is 261 g/mol. The Hall–Kier alpha value is -2.68. The van der Waals surface area contributed by atoms with Gasteiger partial charge in [-0.15, -0.1) is 10.2 Å². The van der Waals surface area contributed by atoms with E-state index in [2.05, 4.69) is 10.2 Å². The number of aromatic nitrogens is 3. The Morgan fingerprint density at radius 1 is 0.750 bits per heavy atom. The predicted octanol–water partition coefficient (Wildman–Crippen LogP) is 4.10. The molecule has 0 unspecified atom stereocenters. The Morgan fingerprint density at radius 3 is 1.60 bits per heavy atom. The molecule has 1 aromatic heterocycles.